The van der Waals surface area contributed by atoms with Crippen molar-refractivity contribution in [3.8, 4) is 10.4 Å². The molecule has 3 heterocycles. The van der Waals surface area contributed by atoms with E-state index in [1.165, 1.54) is 11.3 Å². The Morgan fingerprint density at radius 1 is 0.848 bits per heavy atom. The van der Waals surface area contributed by atoms with Gasteiger partial charge in [0, 0.05) is 43.1 Å². The lowest BCUT2D eigenvalue weighted by molar-refractivity contribution is 0.311. The normalized spacial score (nSPS) is 14.3. The minimum Gasteiger partial charge on any atom is -0.338 e. The third-order valence-corrected chi connectivity index (χ3v) is 6.51. The Hall–Kier alpha value is -3.27. The van der Waals surface area contributed by atoms with Crippen LogP contribution in [0.25, 0.3) is 10.4 Å². The third-order valence-electron chi connectivity index (χ3n) is 5.29. The number of hydrogen-bond acceptors (Lipinski definition) is 9. The van der Waals surface area contributed by atoms with Gasteiger partial charge in [-0.1, -0.05) is 53.3 Å². The van der Waals surface area contributed by atoms with Crippen molar-refractivity contribution in [2.45, 2.75) is 0 Å². The van der Waals surface area contributed by atoms with E-state index >= 15 is 0 Å². The predicted octanol–water partition coefficient (Wildman–Crippen LogP) is 4.89. The number of benzene rings is 2. The summed E-state index contributed by atoms with van der Waals surface area (Å²) in [6, 6.07) is 17.6. The fourth-order valence-corrected chi connectivity index (χ4v) is 4.39. The summed E-state index contributed by atoms with van der Waals surface area (Å²) in [5.41, 5.74) is 1.98. The van der Waals surface area contributed by atoms with Crippen molar-refractivity contribution in [1.29, 1.82) is 0 Å². The van der Waals surface area contributed by atoms with Crippen LogP contribution in [0.3, 0.4) is 0 Å². The average Bonchev–Trinajstić information content (AvgIpc) is 3.29. The largest absolute Gasteiger partial charge is 0.338 e. The summed E-state index contributed by atoms with van der Waals surface area (Å²) in [5, 5.41) is 7.97. The smallest absolute Gasteiger partial charge is 0.235 e. The van der Waals surface area contributed by atoms with Crippen LogP contribution in [0.15, 0.2) is 60.8 Å². The fourth-order valence-electron chi connectivity index (χ4n) is 3.45. The molecule has 2 N–H and O–H groups in total. The minimum atomic E-state index is 0.453. The zero-order valence-electron chi connectivity index (χ0n) is 18.1. The molecule has 10 heteroatoms. The molecular formula is C23H23ClN8S. The molecule has 0 atom stereocenters. The Bertz CT molecular complexity index is 1210. The van der Waals surface area contributed by atoms with Crippen LogP contribution in [0.2, 0.25) is 5.02 Å². The average molecular weight is 479 g/mol. The second-order valence-corrected chi connectivity index (χ2v) is 9.19. The molecule has 0 bridgehead atoms. The van der Waals surface area contributed by atoms with Gasteiger partial charge >= 0.3 is 0 Å². The van der Waals surface area contributed by atoms with Crippen molar-refractivity contribution in [3.63, 3.8) is 0 Å². The van der Waals surface area contributed by atoms with E-state index in [9.17, 15) is 0 Å². The van der Waals surface area contributed by atoms with Gasteiger partial charge in [-0.2, -0.15) is 15.0 Å². The van der Waals surface area contributed by atoms with Gasteiger partial charge in [0.25, 0.3) is 0 Å². The van der Waals surface area contributed by atoms with Crippen LogP contribution in [0.1, 0.15) is 0 Å². The molecule has 0 unspecified atom stereocenters. The van der Waals surface area contributed by atoms with Gasteiger partial charge in [-0.15, -0.1) is 0 Å². The first-order valence-corrected chi connectivity index (χ1v) is 11.8. The maximum Gasteiger partial charge on any atom is 0.235 e. The first kappa shape index (κ1) is 21.6. The summed E-state index contributed by atoms with van der Waals surface area (Å²) in [4.78, 5) is 24.0. The van der Waals surface area contributed by atoms with E-state index in [2.05, 4.69) is 42.4 Å². The van der Waals surface area contributed by atoms with E-state index in [4.69, 9.17) is 16.6 Å². The number of nitrogens with one attached hydrogen (secondary N) is 2. The highest BCUT2D eigenvalue weighted by atomic mass is 35.5. The van der Waals surface area contributed by atoms with Crippen LogP contribution in [-0.2, 0) is 0 Å². The van der Waals surface area contributed by atoms with Crippen molar-refractivity contribution in [1.82, 2.24) is 24.8 Å². The van der Waals surface area contributed by atoms with Crippen molar-refractivity contribution >= 4 is 51.6 Å². The molecule has 2 aromatic heterocycles. The third kappa shape index (κ3) is 5.39. The van der Waals surface area contributed by atoms with Crippen LogP contribution in [-0.4, -0.2) is 58.1 Å². The number of likely N-dealkylation sites (N-methyl/N-ethyl adjacent to an activating group) is 1. The molecule has 0 radical (unpaired) electrons. The quantitative estimate of drug-likeness (QED) is 0.405. The van der Waals surface area contributed by atoms with Crippen molar-refractivity contribution in [2.24, 2.45) is 0 Å². The summed E-state index contributed by atoms with van der Waals surface area (Å²) in [7, 11) is 2.13. The second-order valence-electron chi connectivity index (χ2n) is 7.73. The van der Waals surface area contributed by atoms with Crippen LogP contribution >= 0.6 is 22.9 Å². The maximum atomic E-state index is 6.01. The Morgan fingerprint density at radius 2 is 1.55 bits per heavy atom. The molecule has 1 aliphatic rings. The van der Waals surface area contributed by atoms with Crippen molar-refractivity contribution < 1.29 is 0 Å². The molecule has 2 aromatic carbocycles. The predicted molar refractivity (Wildman–Crippen MR) is 135 cm³/mol. The van der Waals surface area contributed by atoms with E-state index < -0.39 is 0 Å². The lowest BCUT2D eigenvalue weighted by Crippen LogP contribution is -2.45. The monoisotopic (exact) mass is 478 g/mol. The minimum absolute atomic E-state index is 0.453. The second kappa shape index (κ2) is 9.70. The first-order valence-electron chi connectivity index (χ1n) is 10.6. The van der Waals surface area contributed by atoms with Gasteiger partial charge < -0.3 is 15.1 Å². The van der Waals surface area contributed by atoms with Crippen LogP contribution < -0.4 is 15.5 Å². The molecule has 168 valence electrons. The van der Waals surface area contributed by atoms with Gasteiger partial charge in [0.05, 0.1) is 4.88 Å². The van der Waals surface area contributed by atoms with Crippen LogP contribution in [0.5, 0.6) is 0 Å². The highest BCUT2D eigenvalue weighted by Crippen LogP contribution is 2.31. The number of thiazole rings is 1. The maximum absolute atomic E-state index is 6.01. The molecule has 1 saturated heterocycles. The first-order chi connectivity index (χ1) is 16.1. The molecule has 1 aliphatic heterocycles. The van der Waals surface area contributed by atoms with E-state index in [1.807, 2.05) is 60.8 Å². The standard InChI is InChI=1S/C23H23ClN8S/c1-31-11-13-32(14-12-31)22-28-20(26-18-5-3-2-4-6-18)27-21(29-22)30-23-25-15-19(33-23)16-7-9-17(24)10-8-16/h2-10,15H,11-14H2,1H3,(H2,25,26,27,28,29,30). The zero-order valence-corrected chi connectivity index (χ0v) is 19.6. The van der Waals surface area contributed by atoms with Crippen LogP contribution in [0, 0.1) is 0 Å². The van der Waals surface area contributed by atoms with Crippen LogP contribution in [0.4, 0.5) is 28.7 Å². The fraction of sp³-hybridized carbons (Fsp3) is 0.217. The van der Waals surface area contributed by atoms with E-state index in [0.717, 1.165) is 42.3 Å². The Kier molecular flexibility index (Phi) is 6.34. The summed E-state index contributed by atoms with van der Waals surface area (Å²) in [6.07, 6.45) is 1.84. The Morgan fingerprint density at radius 3 is 2.27 bits per heavy atom. The van der Waals surface area contributed by atoms with Gasteiger partial charge in [0.1, 0.15) is 0 Å². The SMILES string of the molecule is CN1CCN(c2nc(Nc3ccccc3)nc(Nc3ncc(-c4ccc(Cl)cc4)s3)n2)CC1. The molecule has 33 heavy (non-hydrogen) atoms. The molecule has 0 amide bonds. The highest BCUT2D eigenvalue weighted by molar-refractivity contribution is 7.18. The number of piperazine rings is 1. The molecule has 8 nitrogen and oxygen atoms in total. The van der Waals surface area contributed by atoms with E-state index in [0.29, 0.717) is 28.0 Å². The molecule has 4 aromatic rings. The molecule has 0 saturated carbocycles. The lowest BCUT2D eigenvalue weighted by Gasteiger charge is -2.32. The van der Waals surface area contributed by atoms with Gasteiger partial charge in [-0.25, -0.2) is 4.98 Å². The highest BCUT2D eigenvalue weighted by Gasteiger charge is 2.19. The number of para-hydroxylation sites is 1. The topological polar surface area (TPSA) is 82.1 Å². The van der Waals surface area contributed by atoms with Gasteiger partial charge in [-0.3, -0.25) is 5.32 Å². The van der Waals surface area contributed by atoms with E-state index in [-0.39, 0.29) is 0 Å². The van der Waals surface area contributed by atoms with Crippen molar-refractivity contribution in [2.75, 3.05) is 48.8 Å². The number of halogens is 1. The number of anilines is 5. The van der Waals surface area contributed by atoms with E-state index in [1.54, 1.807) is 0 Å². The summed E-state index contributed by atoms with van der Waals surface area (Å²) >= 11 is 7.54. The lowest BCUT2D eigenvalue weighted by atomic mass is 10.2. The number of hydrogen-bond donors (Lipinski definition) is 2. The number of nitrogens with zero attached hydrogens (tertiary/aromatic N) is 6. The Balaban J connectivity index is 1.41. The van der Waals surface area contributed by atoms with Gasteiger partial charge in [0.2, 0.25) is 17.8 Å². The van der Waals surface area contributed by atoms with Gasteiger partial charge in [0.15, 0.2) is 5.13 Å². The van der Waals surface area contributed by atoms with Gasteiger partial charge in [-0.05, 0) is 36.9 Å². The Labute approximate surface area is 201 Å². The number of rotatable bonds is 6. The summed E-state index contributed by atoms with van der Waals surface area (Å²) in [6.45, 7) is 3.66. The summed E-state index contributed by atoms with van der Waals surface area (Å²) in [5.74, 6) is 1.59. The number of aromatic nitrogens is 4. The summed E-state index contributed by atoms with van der Waals surface area (Å²) < 4.78 is 0. The zero-order chi connectivity index (χ0) is 22.6. The molecule has 1 fully saturated rings. The molecule has 5 rings (SSSR count). The molecular weight excluding hydrogens is 456 g/mol. The van der Waals surface area contributed by atoms with Crippen molar-refractivity contribution in [3.05, 3.63) is 65.8 Å². The molecule has 0 spiro atoms. The molecule has 0 aliphatic carbocycles.